The largest absolute Gasteiger partial charge is 0.573 e. The number of nitrogens with zero attached hydrogens (tertiary/aromatic N) is 2. The summed E-state index contributed by atoms with van der Waals surface area (Å²) in [6.07, 6.45) is -4.76. The van der Waals surface area contributed by atoms with Crippen LogP contribution in [0, 0.1) is 12.8 Å². The Bertz CT molecular complexity index is 867. The van der Waals surface area contributed by atoms with Crippen molar-refractivity contribution in [3.05, 3.63) is 53.1 Å². The molecule has 1 heterocycles. The first kappa shape index (κ1) is 21.3. The molecule has 0 saturated heterocycles. The molecule has 9 heteroatoms. The van der Waals surface area contributed by atoms with Gasteiger partial charge in [-0.2, -0.15) is 0 Å². The van der Waals surface area contributed by atoms with Gasteiger partial charge in [0, 0.05) is 18.2 Å². The van der Waals surface area contributed by atoms with Crippen LogP contribution in [0.25, 0.3) is 0 Å². The Kier molecular flexibility index (Phi) is 6.71. The summed E-state index contributed by atoms with van der Waals surface area (Å²) in [5.41, 5.74) is 1.05. The third kappa shape index (κ3) is 6.64. The zero-order valence-electron chi connectivity index (χ0n) is 15.6. The monoisotopic (exact) mass is 395 g/mol. The molecule has 0 saturated carbocycles. The van der Waals surface area contributed by atoms with E-state index in [1.165, 1.54) is 24.3 Å². The number of benzene rings is 1. The molecule has 1 N–H and O–H groups in total. The number of ketones is 1. The molecule has 2 aromatic rings. The summed E-state index contributed by atoms with van der Waals surface area (Å²) >= 11 is 0. The lowest BCUT2D eigenvalue weighted by molar-refractivity contribution is -0.274. The molecule has 2 rings (SSSR count). The van der Waals surface area contributed by atoms with Crippen LogP contribution >= 0.6 is 0 Å². The number of aromatic nitrogens is 2. The first-order valence-corrected chi connectivity index (χ1v) is 8.53. The van der Waals surface area contributed by atoms with E-state index < -0.39 is 12.3 Å². The molecule has 1 amide bonds. The van der Waals surface area contributed by atoms with Crippen LogP contribution in [0.1, 0.15) is 41.4 Å². The van der Waals surface area contributed by atoms with Gasteiger partial charge in [0.15, 0.2) is 0 Å². The first-order chi connectivity index (χ1) is 13.0. The number of aryl methyl sites for hydroxylation is 1. The minimum Gasteiger partial charge on any atom is -0.406 e. The molecular weight excluding hydrogens is 375 g/mol. The molecule has 0 aliphatic rings. The van der Waals surface area contributed by atoms with Gasteiger partial charge in [-0.05, 0) is 30.7 Å². The Morgan fingerprint density at radius 1 is 1.18 bits per heavy atom. The third-order valence-electron chi connectivity index (χ3n) is 3.69. The van der Waals surface area contributed by atoms with E-state index in [-0.39, 0.29) is 41.9 Å². The van der Waals surface area contributed by atoms with E-state index in [0.29, 0.717) is 11.3 Å². The van der Waals surface area contributed by atoms with Crippen molar-refractivity contribution in [1.29, 1.82) is 0 Å². The van der Waals surface area contributed by atoms with E-state index in [1.54, 1.807) is 26.8 Å². The molecule has 0 unspecified atom stereocenters. The van der Waals surface area contributed by atoms with Crippen molar-refractivity contribution in [2.75, 3.05) is 0 Å². The maximum atomic E-state index is 12.4. The Labute approximate surface area is 160 Å². The van der Waals surface area contributed by atoms with Crippen molar-refractivity contribution >= 4 is 11.7 Å². The van der Waals surface area contributed by atoms with E-state index >= 15 is 0 Å². The predicted octanol–water partition coefficient (Wildman–Crippen LogP) is 3.38. The van der Waals surface area contributed by atoms with Gasteiger partial charge in [0.2, 0.25) is 0 Å². The predicted molar refractivity (Wildman–Crippen MR) is 94.6 cm³/mol. The van der Waals surface area contributed by atoms with E-state index in [4.69, 9.17) is 0 Å². The minimum atomic E-state index is -4.79. The van der Waals surface area contributed by atoms with Crippen molar-refractivity contribution in [3.63, 3.8) is 0 Å². The molecule has 0 spiro atoms. The number of hydrogen-bond donors (Lipinski definition) is 1. The number of Topliss-reactive ketones (excluding diaryl/α,β-unsaturated/α-hetero) is 1. The number of nitrogens with one attached hydrogen (secondary N) is 1. The van der Waals surface area contributed by atoms with Gasteiger partial charge in [0.25, 0.3) is 5.91 Å². The fourth-order valence-electron chi connectivity index (χ4n) is 2.31. The topological polar surface area (TPSA) is 81.2 Å². The highest BCUT2D eigenvalue weighted by Crippen LogP contribution is 2.23. The summed E-state index contributed by atoms with van der Waals surface area (Å²) < 4.78 is 40.7. The number of amides is 1. The zero-order chi connectivity index (χ0) is 20.9. The van der Waals surface area contributed by atoms with Gasteiger partial charge in [-0.25, -0.2) is 9.97 Å². The molecule has 0 atom stereocenters. The number of rotatable bonds is 7. The lowest BCUT2D eigenvalue weighted by Crippen LogP contribution is -2.25. The van der Waals surface area contributed by atoms with E-state index in [0.717, 1.165) is 0 Å². The molecule has 0 radical (unpaired) electrons. The number of halogens is 3. The average Bonchev–Trinajstić information content (AvgIpc) is 2.57. The fourth-order valence-corrected chi connectivity index (χ4v) is 2.31. The third-order valence-corrected chi connectivity index (χ3v) is 3.69. The van der Waals surface area contributed by atoms with Crippen LogP contribution in [-0.2, 0) is 17.8 Å². The van der Waals surface area contributed by atoms with Crippen LogP contribution < -0.4 is 10.1 Å². The number of alkyl halides is 3. The van der Waals surface area contributed by atoms with E-state index in [9.17, 15) is 22.8 Å². The summed E-state index contributed by atoms with van der Waals surface area (Å²) in [7, 11) is 0. The van der Waals surface area contributed by atoms with Gasteiger partial charge in [-0.3, -0.25) is 9.59 Å². The number of carbonyl (C=O) groups excluding carboxylic acids is 2. The van der Waals surface area contributed by atoms with Crippen LogP contribution in [0.15, 0.2) is 30.3 Å². The lowest BCUT2D eigenvalue weighted by Gasteiger charge is -2.11. The standard InChI is InChI=1S/C19H20F3N3O3/c1-11(2)16(26)9-17-24-12(3)7-15(25-17)18(27)23-10-13-5-4-6-14(8-13)28-19(20,21)22/h4-8,11H,9-10H2,1-3H3,(H,23,27). The quantitative estimate of drug-likeness (QED) is 0.777. The van der Waals surface area contributed by atoms with Gasteiger partial charge in [-0.1, -0.05) is 26.0 Å². The van der Waals surface area contributed by atoms with Crippen molar-refractivity contribution in [1.82, 2.24) is 15.3 Å². The highest BCUT2D eigenvalue weighted by Gasteiger charge is 2.31. The van der Waals surface area contributed by atoms with Gasteiger partial charge in [0.05, 0.1) is 6.42 Å². The molecule has 0 fully saturated rings. The average molecular weight is 395 g/mol. The van der Waals surface area contributed by atoms with Crippen molar-refractivity contribution in [2.45, 2.75) is 40.1 Å². The minimum absolute atomic E-state index is 0.0167. The maximum absolute atomic E-state index is 12.4. The second-order valence-electron chi connectivity index (χ2n) is 6.49. The Balaban J connectivity index is 2.06. The highest BCUT2D eigenvalue weighted by molar-refractivity contribution is 5.92. The number of ether oxygens (including phenoxy) is 1. The zero-order valence-corrected chi connectivity index (χ0v) is 15.6. The maximum Gasteiger partial charge on any atom is 0.573 e. The van der Waals surface area contributed by atoms with Gasteiger partial charge >= 0.3 is 6.36 Å². The van der Waals surface area contributed by atoms with Crippen LogP contribution in [-0.4, -0.2) is 28.0 Å². The van der Waals surface area contributed by atoms with Gasteiger partial charge in [0.1, 0.15) is 23.1 Å². The molecule has 0 aliphatic carbocycles. The normalized spacial score (nSPS) is 11.4. The molecule has 1 aromatic heterocycles. The summed E-state index contributed by atoms with van der Waals surface area (Å²) in [6, 6.07) is 6.78. The second kappa shape index (κ2) is 8.81. The summed E-state index contributed by atoms with van der Waals surface area (Å²) in [5, 5.41) is 2.58. The molecule has 6 nitrogen and oxygen atoms in total. The molecule has 150 valence electrons. The van der Waals surface area contributed by atoms with Crippen molar-refractivity contribution < 1.29 is 27.5 Å². The molecule has 1 aromatic carbocycles. The highest BCUT2D eigenvalue weighted by atomic mass is 19.4. The Morgan fingerprint density at radius 3 is 2.54 bits per heavy atom. The van der Waals surface area contributed by atoms with Crippen molar-refractivity contribution in [3.8, 4) is 5.75 Å². The Morgan fingerprint density at radius 2 is 1.89 bits per heavy atom. The number of hydrogen-bond acceptors (Lipinski definition) is 5. The molecular formula is C19H20F3N3O3. The Hall–Kier alpha value is -2.97. The lowest BCUT2D eigenvalue weighted by atomic mass is 10.1. The van der Waals surface area contributed by atoms with Gasteiger partial charge < -0.3 is 10.1 Å². The van der Waals surface area contributed by atoms with Crippen LogP contribution in [0.3, 0.4) is 0 Å². The van der Waals surface area contributed by atoms with Crippen LogP contribution in [0.2, 0.25) is 0 Å². The first-order valence-electron chi connectivity index (χ1n) is 8.53. The van der Waals surface area contributed by atoms with Crippen molar-refractivity contribution in [2.24, 2.45) is 5.92 Å². The fraction of sp³-hybridized carbons (Fsp3) is 0.368. The molecule has 0 bridgehead atoms. The molecule has 28 heavy (non-hydrogen) atoms. The second-order valence-corrected chi connectivity index (χ2v) is 6.49. The molecule has 0 aliphatic heterocycles. The van der Waals surface area contributed by atoms with E-state index in [1.807, 2.05) is 0 Å². The smallest absolute Gasteiger partial charge is 0.406 e. The van der Waals surface area contributed by atoms with Gasteiger partial charge in [-0.15, -0.1) is 13.2 Å². The SMILES string of the molecule is Cc1cc(C(=O)NCc2cccc(OC(F)(F)F)c2)nc(CC(=O)C(C)C)n1. The summed E-state index contributed by atoms with van der Waals surface area (Å²) in [5.74, 6) is -0.854. The van der Waals surface area contributed by atoms with Crippen LogP contribution in [0.4, 0.5) is 13.2 Å². The number of carbonyl (C=O) groups is 2. The summed E-state index contributed by atoms with van der Waals surface area (Å²) in [4.78, 5) is 32.5. The van der Waals surface area contributed by atoms with Crippen LogP contribution in [0.5, 0.6) is 5.75 Å². The summed E-state index contributed by atoms with van der Waals surface area (Å²) in [6.45, 7) is 5.20. The van der Waals surface area contributed by atoms with E-state index in [2.05, 4.69) is 20.0 Å².